The zero-order valence-electron chi connectivity index (χ0n) is 11.1. The van der Waals surface area contributed by atoms with Gasteiger partial charge in [-0.25, -0.2) is 0 Å². The van der Waals surface area contributed by atoms with E-state index in [2.05, 4.69) is 11.8 Å². The molecule has 0 aliphatic carbocycles. The average molecular weight is 232 g/mol. The molecule has 0 fully saturated rings. The van der Waals surface area contributed by atoms with Crippen LogP contribution in [0.25, 0.3) is 0 Å². The third-order valence-corrected chi connectivity index (χ3v) is 2.71. The van der Waals surface area contributed by atoms with Crippen molar-refractivity contribution in [2.45, 2.75) is 33.2 Å². The van der Waals surface area contributed by atoms with Crippen molar-refractivity contribution in [1.29, 1.82) is 0 Å². The van der Waals surface area contributed by atoms with E-state index in [1.165, 1.54) is 0 Å². The maximum absolute atomic E-state index is 5.77. The van der Waals surface area contributed by atoms with Gasteiger partial charge in [0, 0.05) is 38.9 Å². The maximum atomic E-state index is 5.77. The summed E-state index contributed by atoms with van der Waals surface area (Å²) in [6, 6.07) is 0.445. The molecule has 0 heterocycles. The molecule has 16 heavy (non-hydrogen) atoms. The Morgan fingerprint density at radius 3 is 1.81 bits per heavy atom. The topological polar surface area (TPSA) is 47.7 Å². The number of hydrogen-bond acceptors (Lipinski definition) is 4. The van der Waals surface area contributed by atoms with Crippen LogP contribution in [0, 0.1) is 0 Å². The summed E-state index contributed by atoms with van der Waals surface area (Å²) in [4.78, 5) is 2.37. The molecule has 98 valence electrons. The normalized spacial score (nSPS) is 13.3. The molecule has 0 bridgehead atoms. The van der Waals surface area contributed by atoms with E-state index in [0.717, 1.165) is 45.9 Å². The van der Waals surface area contributed by atoms with Gasteiger partial charge in [0.25, 0.3) is 0 Å². The van der Waals surface area contributed by atoms with E-state index in [0.29, 0.717) is 12.6 Å². The van der Waals surface area contributed by atoms with E-state index < -0.39 is 0 Å². The molecule has 0 radical (unpaired) electrons. The summed E-state index contributed by atoms with van der Waals surface area (Å²) in [5.74, 6) is 0. The molecule has 2 N–H and O–H groups in total. The first-order valence-corrected chi connectivity index (χ1v) is 6.39. The maximum Gasteiger partial charge on any atom is 0.0593 e. The predicted molar refractivity (Wildman–Crippen MR) is 67.7 cm³/mol. The smallest absolute Gasteiger partial charge is 0.0593 e. The van der Waals surface area contributed by atoms with Gasteiger partial charge in [0.2, 0.25) is 0 Å². The van der Waals surface area contributed by atoms with Gasteiger partial charge < -0.3 is 15.2 Å². The van der Waals surface area contributed by atoms with Gasteiger partial charge in [-0.1, -0.05) is 6.92 Å². The molecule has 0 aliphatic heterocycles. The standard InChI is InChI=1S/C12H28N2O2/c1-4-12(11-13)14(7-9-15-5-2)8-10-16-6-3/h12H,4-11,13H2,1-3H3. The molecule has 4 nitrogen and oxygen atoms in total. The van der Waals surface area contributed by atoms with Gasteiger partial charge in [-0.05, 0) is 20.3 Å². The highest BCUT2D eigenvalue weighted by atomic mass is 16.5. The summed E-state index contributed by atoms with van der Waals surface area (Å²) < 4.78 is 10.8. The fourth-order valence-corrected chi connectivity index (χ4v) is 1.70. The lowest BCUT2D eigenvalue weighted by atomic mass is 10.2. The second kappa shape index (κ2) is 11.3. The predicted octanol–water partition coefficient (Wildman–Crippen LogP) is 1.10. The van der Waals surface area contributed by atoms with Crippen molar-refractivity contribution < 1.29 is 9.47 Å². The number of rotatable bonds is 11. The first kappa shape index (κ1) is 15.8. The molecule has 0 aliphatic rings. The lowest BCUT2D eigenvalue weighted by molar-refractivity contribution is 0.0634. The van der Waals surface area contributed by atoms with E-state index in [1.54, 1.807) is 0 Å². The lowest BCUT2D eigenvalue weighted by Gasteiger charge is -2.29. The summed E-state index contributed by atoms with van der Waals surface area (Å²) in [6.07, 6.45) is 1.08. The second-order valence-corrected chi connectivity index (χ2v) is 3.73. The molecule has 0 aromatic carbocycles. The lowest BCUT2D eigenvalue weighted by Crippen LogP contribution is -2.43. The first-order valence-electron chi connectivity index (χ1n) is 6.39. The van der Waals surface area contributed by atoms with E-state index in [4.69, 9.17) is 15.2 Å². The summed E-state index contributed by atoms with van der Waals surface area (Å²) in [5, 5.41) is 0. The van der Waals surface area contributed by atoms with Crippen LogP contribution in [0.2, 0.25) is 0 Å². The average Bonchev–Trinajstić information content (AvgIpc) is 2.30. The first-order chi connectivity index (χ1) is 7.79. The van der Waals surface area contributed by atoms with Gasteiger partial charge >= 0.3 is 0 Å². The molecule has 0 saturated heterocycles. The van der Waals surface area contributed by atoms with Gasteiger partial charge in [-0.15, -0.1) is 0 Å². The van der Waals surface area contributed by atoms with Crippen molar-refractivity contribution in [1.82, 2.24) is 4.90 Å². The van der Waals surface area contributed by atoms with Gasteiger partial charge in [0.05, 0.1) is 13.2 Å². The third-order valence-electron chi connectivity index (χ3n) is 2.71. The quantitative estimate of drug-likeness (QED) is 0.542. The van der Waals surface area contributed by atoms with Crippen molar-refractivity contribution >= 4 is 0 Å². The van der Waals surface area contributed by atoms with E-state index in [1.807, 2.05) is 13.8 Å². The Morgan fingerprint density at radius 2 is 1.50 bits per heavy atom. The summed E-state index contributed by atoms with van der Waals surface area (Å²) in [7, 11) is 0. The van der Waals surface area contributed by atoms with Crippen LogP contribution < -0.4 is 5.73 Å². The Bertz CT molecular complexity index is 131. The Morgan fingerprint density at radius 1 is 1.00 bits per heavy atom. The molecular formula is C12H28N2O2. The zero-order valence-corrected chi connectivity index (χ0v) is 11.1. The van der Waals surface area contributed by atoms with Crippen LogP contribution in [-0.4, -0.2) is 57.0 Å². The minimum atomic E-state index is 0.445. The largest absolute Gasteiger partial charge is 0.380 e. The Balaban J connectivity index is 3.93. The molecule has 0 saturated carbocycles. The molecule has 0 spiro atoms. The Labute approximate surface area is 100 Å². The van der Waals surface area contributed by atoms with Crippen LogP contribution in [-0.2, 0) is 9.47 Å². The van der Waals surface area contributed by atoms with Crippen molar-refractivity contribution in [2.24, 2.45) is 5.73 Å². The van der Waals surface area contributed by atoms with Gasteiger partial charge in [0.1, 0.15) is 0 Å². The fourth-order valence-electron chi connectivity index (χ4n) is 1.70. The zero-order chi connectivity index (χ0) is 12.2. The summed E-state index contributed by atoms with van der Waals surface area (Å²) in [5.41, 5.74) is 5.77. The molecule has 0 amide bonds. The highest BCUT2D eigenvalue weighted by Crippen LogP contribution is 2.02. The highest BCUT2D eigenvalue weighted by Gasteiger charge is 2.14. The van der Waals surface area contributed by atoms with Gasteiger partial charge in [-0.3, -0.25) is 4.90 Å². The number of nitrogens with two attached hydrogens (primary N) is 1. The van der Waals surface area contributed by atoms with Gasteiger partial charge in [-0.2, -0.15) is 0 Å². The SMILES string of the molecule is CCOCCN(CCOCC)C(CC)CN. The van der Waals surface area contributed by atoms with Crippen molar-refractivity contribution in [3.8, 4) is 0 Å². The molecular weight excluding hydrogens is 204 g/mol. The van der Waals surface area contributed by atoms with E-state index in [-0.39, 0.29) is 0 Å². The van der Waals surface area contributed by atoms with Crippen LogP contribution in [0.1, 0.15) is 27.2 Å². The number of hydrogen-bond donors (Lipinski definition) is 1. The van der Waals surface area contributed by atoms with Crippen LogP contribution >= 0.6 is 0 Å². The molecule has 0 aromatic heterocycles. The monoisotopic (exact) mass is 232 g/mol. The van der Waals surface area contributed by atoms with E-state index in [9.17, 15) is 0 Å². The molecule has 1 unspecified atom stereocenters. The van der Waals surface area contributed by atoms with Crippen molar-refractivity contribution in [2.75, 3.05) is 46.1 Å². The number of ether oxygens (including phenoxy) is 2. The minimum Gasteiger partial charge on any atom is -0.380 e. The highest BCUT2D eigenvalue weighted by molar-refractivity contribution is 4.71. The second-order valence-electron chi connectivity index (χ2n) is 3.73. The molecule has 4 heteroatoms. The van der Waals surface area contributed by atoms with Crippen LogP contribution in [0.4, 0.5) is 0 Å². The Kier molecular flexibility index (Phi) is 11.2. The molecule has 0 aromatic rings. The van der Waals surface area contributed by atoms with Crippen molar-refractivity contribution in [3.05, 3.63) is 0 Å². The summed E-state index contributed by atoms with van der Waals surface area (Å²) >= 11 is 0. The minimum absolute atomic E-state index is 0.445. The van der Waals surface area contributed by atoms with Crippen LogP contribution in [0.15, 0.2) is 0 Å². The Hall–Kier alpha value is -0.160. The van der Waals surface area contributed by atoms with Crippen molar-refractivity contribution in [3.63, 3.8) is 0 Å². The van der Waals surface area contributed by atoms with Crippen LogP contribution in [0.5, 0.6) is 0 Å². The van der Waals surface area contributed by atoms with Crippen LogP contribution in [0.3, 0.4) is 0 Å². The fraction of sp³-hybridized carbons (Fsp3) is 1.00. The van der Waals surface area contributed by atoms with Gasteiger partial charge in [0.15, 0.2) is 0 Å². The molecule has 0 rings (SSSR count). The summed E-state index contributed by atoms with van der Waals surface area (Å²) in [6.45, 7) is 11.9. The molecule has 1 atom stereocenters. The van der Waals surface area contributed by atoms with E-state index >= 15 is 0 Å². The third kappa shape index (κ3) is 7.17. The number of nitrogens with zero attached hydrogens (tertiary/aromatic N) is 1.